The van der Waals surface area contributed by atoms with E-state index in [1.54, 1.807) is 6.07 Å². The van der Waals surface area contributed by atoms with Crippen LogP contribution in [-0.4, -0.2) is 17.3 Å². The molecule has 15 heavy (non-hydrogen) atoms. The third-order valence-electron chi connectivity index (χ3n) is 2.35. The molecule has 0 aromatic heterocycles. The number of hydrogen-bond acceptors (Lipinski definition) is 2. The van der Waals surface area contributed by atoms with Crippen LogP contribution in [0.15, 0.2) is 17.0 Å². The third kappa shape index (κ3) is 2.50. The van der Waals surface area contributed by atoms with Crippen LogP contribution in [0, 0.1) is 12.7 Å². The van der Waals surface area contributed by atoms with Crippen LogP contribution in [0.3, 0.4) is 0 Å². The summed E-state index contributed by atoms with van der Waals surface area (Å²) in [6, 6.07) is 3.01. The average Bonchev–Trinajstić information content (AvgIpc) is 2.17. The maximum Gasteiger partial charge on any atom is 0.310 e. The van der Waals surface area contributed by atoms with Gasteiger partial charge in [0.2, 0.25) is 0 Å². The standard InChI is InChI=1S/C11H13FO2S/c1-6-4-9(12)8(5-10(6)15-3)7(2)11(13)14/h4-5,7H,1-3H3,(H,13,14). The zero-order chi connectivity index (χ0) is 11.6. The van der Waals surface area contributed by atoms with Crippen LogP contribution >= 0.6 is 11.8 Å². The predicted molar refractivity (Wildman–Crippen MR) is 59.0 cm³/mol. The second-order valence-electron chi connectivity index (χ2n) is 3.40. The van der Waals surface area contributed by atoms with Crippen molar-refractivity contribution in [3.05, 3.63) is 29.1 Å². The maximum absolute atomic E-state index is 13.5. The summed E-state index contributed by atoms with van der Waals surface area (Å²) in [6.07, 6.45) is 1.88. The molecule has 2 nitrogen and oxygen atoms in total. The quantitative estimate of drug-likeness (QED) is 0.808. The van der Waals surface area contributed by atoms with Gasteiger partial charge >= 0.3 is 5.97 Å². The van der Waals surface area contributed by atoms with Gasteiger partial charge in [-0.25, -0.2) is 4.39 Å². The Morgan fingerprint density at radius 1 is 1.53 bits per heavy atom. The number of thioether (sulfide) groups is 1. The first-order valence-corrected chi connectivity index (χ1v) is 5.76. The molecule has 1 rings (SSSR count). The number of hydrogen-bond donors (Lipinski definition) is 1. The largest absolute Gasteiger partial charge is 0.481 e. The van der Waals surface area contributed by atoms with Gasteiger partial charge in [-0.1, -0.05) is 0 Å². The lowest BCUT2D eigenvalue weighted by Gasteiger charge is -2.11. The number of aliphatic carboxylic acids is 1. The fourth-order valence-electron chi connectivity index (χ4n) is 1.35. The van der Waals surface area contributed by atoms with E-state index < -0.39 is 17.7 Å². The lowest BCUT2D eigenvalue weighted by Crippen LogP contribution is -2.09. The molecular formula is C11H13FO2S. The van der Waals surface area contributed by atoms with E-state index >= 15 is 0 Å². The van der Waals surface area contributed by atoms with Crippen LogP contribution in [0.25, 0.3) is 0 Å². The number of carboxylic acids is 1. The highest BCUT2D eigenvalue weighted by atomic mass is 32.2. The average molecular weight is 228 g/mol. The lowest BCUT2D eigenvalue weighted by molar-refractivity contribution is -0.138. The van der Waals surface area contributed by atoms with Crippen molar-refractivity contribution in [3.8, 4) is 0 Å². The monoisotopic (exact) mass is 228 g/mol. The van der Waals surface area contributed by atoms with Gasteiger partial charge in [0.1, 0.15) is 5.82 Å². The van der Waals surface area contributed by atoms with Gasteiger partial charge in [0, 0.05) is 10.5 Å². The minimum Gasteiger partial charge on any atom is -0.481 e. The first-order chi connectivity index (χ1) is 6.97. The summed E-state index contributed by atoms with van der Waals surface area (Å²) in [7, 11) is 0. The molecule has 0 aliphatic heterocycles. The molecule has 1 unspecified atom stereocenters. The molecule has 1 aromatic rings. The molecule has 0 heterocycles. The molecule has 1 N–H and O–H groups in total. The summed E-state index contributed by atoms with van der Waals surface area (Å²) >= 11 is 1.49. The molecule has 0 spiro atoms. The number of rotatable bonds is 3. The first kappa shape index (κ1) is 12.0. The van der Waals surface area contributed by atoms with Crippen molar-refractivity contribution in [2.75, 3.05) is 6.26 Å². The van der Waals surface area contributed by atoms with Gasteiger partial charge in [-0.3, -0.25) is 4.79 Å². The molecule has 0 bridgehead atoms. The Labute approximate surface area is 92.5 Å². The highest BCUT2D eigenvalue weighted by molar-refractivity contribution is 7.98. The highest BCUT2D eigenvalue weighted by Crippen LogP contribution is 2.27. The molecule has 0 fully saturated rings. The Kier molecular flexibility index (Phi) is 3.74. The zero-order valence-electron chi connectivity index (χ0n) is 8.87. The van der Waals surface area contributed by atoms with Crippen LogP contribution in [0.1, 0.15) is 24.0 Å². The Morgan fingerprint density at radius 3 is 2.60 bits per heavy atom. The molecule has 0 saturated heterocycles. The van der Waals surface area contributed by atoms with Gasteiger partial charge < -0.3 is 5.11 Å². The van der Waals surface area contributed by atoms with Crippen molar-refractivity contribution in [3.63, 3.8) is 0 Å². The normalized spacial score (nSPS) is 12.5. The highest BCUT2D eigenvalue weighted by Gasteiger charge is 2.19. The Bertz CT molecular complexity index is 390. The van der Waals surface area contributed by atoms with Crippen LogP contribution in [0.5, 0.6) is 0 Å². The summed E-state index contributed by atoms with van der Waals surface area (Å²) in [6.45, 7) is 3.30. The van der Waals surface area contributed by atoms with E-state index in [4.69, 9.17) is 5.11 Å². The second-order valence-corrected chi connectivity index (χ2v) is 4.25. The number of carbonyl (C=O) groups is 1. The minimum atomic E-state index is -1.01. The molecular weight excluding hydrogens is 215 g/mol. The van der Waals surface area contributed by atoms with Crippen molar-refractivity contribution in [2.24, 2.45) is 0 Å². The summed E-state index contributed by atoms with van der Waals surface area (Å²) < 4.78 is 13.5. The maximum atomic E-state index is 13.5. The molecule has 4 heteroatoms. The van der Waals surface area contributed by atoms with Crippen LogP contribution < -0.4 is 0 Å². The van der Waals surface area contributed by atoms with E-state index in [1.165, 1.54) is 24.8 Å². The molecule has 1 aromatic carbocycles. The molecule has 1 atom stereocenters. The Balaban J connectivity index is 3.24. The summed E-state index contributed by atoms with van der Waals surface area (Å²) in [5.74, 6) is -2.26. The van der Waals surface area contributed by atoms with E-state index in [9.17, 15) is 9.18 Å². The van der Waals surface area contributed by atoms with Gasteiger partial charge in [-0.15, -0.1) is 11.8 Å². The number of aryl methyl sites for hydroxylation is 1. The Hall–Kier alpha value is -1.03. The Morgan fingerprint density at radius 2 is 2.13 bits per heavy atom. The van der Waals surface area contributed by atoms with E-state index in [1.807, 2.05) is 13.2 Å². The van der Waals surface area contributed by atoms with Crippen LogP contribution in [0.4, 0.5) is 4.39 Å². The minimum absolute atomic E-state index is 0.248. The van der Waals surface area contributed by atoms with E-state index in [2.05, 4.69) is 0 Å². The van der Waals surface area contributed by atoms with Crippen LogP contribution in [0.2, 0.25) is 0 Å². The number of carboxylic acid groups (broad SMARTS) is 1. The zero-order valence-corrected chi connectivity index (χ0v) is 9.69. The second kappa shape index (κ2) is 4.66. The molecule has 82 valence electrons. The van der Waals surface area contributed by atoms with E-state index in [0.717, 1.165) is 10.5 Å². The van der Waals surface area contributed by atoms with Crippen molar-refractivity contribution in [1.29, 1.82) is 0 Å². The smallest absolute Gasteiger partial charge is 0.310 e. The van der Waals surface area contributed by atoms with Crippen molar-refractivity contribution < 1.29 is 14.3 Å². The van der Waals surface area contributed by atoms with Crippen molar-refractivity contribution in [1.82, 2.24) is 0 Å². The predicted octanol–water partition coefficient (Wildman–Crippen LogP) is 3.04. The van der Waals surface area contributed by atoms with Gasteiger partial charge in [0.15, 0.2) is 0 Å². The van der Waals surface area contributed by atoms with Crippen molar-refractivity contribution in [2.45, 2.75) is 24.7 Å². The van der Waals surface area contributed by atoms with E-state index in [0.29, 0.717) is 0 Å². The van der Waals surface area contributed by atoms with Gasteiger partial charge in [0.25, 0.3) is 0 Å². The summed E-state index contributed by atoms with van der Waals surface area (Å²) in [5.41, 5.74) is 1.08. The van der Waals surface area contributed by atoms with E-state index in [-0.39, 0.29) is 5.56 Å². The lowest BCUT2D eigenvalue weighted by atomic mass is 9.99. The molecule has 0 saturated carbocycles. The third-order valence-corrected chi connectivity index (χ3v) is 3.23. The topological polar surface area (TPSA) is 37.3 Å². The molecule has 0 aliphatic rings. The first-order valence-electron chi connectivity index (χ1n) is 4.54. The molecule has 0 radical (unpaired) electrons. The summed E-state index contributed by atoms with van der Waals surface area (Å²) in [5, 5.41) is 8.82. The van der Waals surface area contributed by atoms with Gasteiger partial charge in [0.05, 0.1) is 5.92 Å². The summed E-state index contributed by atoms with van der Waals surface area (Å²) in [4.78, 5) is 11.7. The SMILES string of the molecule is CSc1cc(C(C)C(=O)O)c(F)cc1C. The molecule has 0 amide bonds. The number of benzene rings is 1. The van der Waals surface area contributed by atoms with Crippen molar-refractivity contribution >= 4 is 17.7 Å². The fraction of sp³-hybridized carbons (Fsp3) is 0.364. The van der Waals surface area contributed by atoms with Crippen LogP contribution in [-0.2, 0) is 4.79 Å². The molecule has 0 aliphatic carbocycles. The van der Waals surface area contributed by atoms with Gasteiger partial charge in [-0.05, 0) is 37.8 Å². The van der Waals surface area contributed by atoms with Gasteiger partial charge in [-0.2, -0.15) is 0 Å². The fourth-order valence-corrected chi connectivity index (χ4v) is 1.98. The number of halogens is 1.